The summed E-state index contributed by atoms with van der Waals surface area (Å²) in [6.07, 6.45) is 0. The summed E-state index contributed by atoms with van der Waals surface area (Å²) in [7, 11) is 2.52. The van der Waals surface area contributed by atoms with Crippen molar-refractivity contribution in [2.45, 2.75) is 6.92 Å². The first kappa shape index (κ1) is 16.8. The van der Waals surface area contributed by atoms with E-state index in [4.69, 9.17) is 14.2 Å². The molecule has 1 aromatic rings. The highest BCUT2D eigenvalue weighted by Crippen LogP contribution is 2.32. The smallest absolute Gasteiger partial charge is 0.355 e. The van der Waals surface area contributed by atoms with Crippen molar-refractivity contribution < 1.29 is 23.8 Å². The van der Waals surface area contributed by atoms with Crippen LogP contribution in [0.5, 0.6) is 0 Å². The van der Waals surface area contributed by atoms with Gasteiger partial charge in [0.1, 0.15) is 12.4 Å². The molecule has 0 saturated carbocycles. The van der Waals surface area contributed by atoms with Crippen molar-refractivity contribution in [3.8, 4) is 0 Å². The van der Waals surface area contributed by atoms with Crippen LogP contribution in [0.25, 0.3) is 5.57 Å². The number of carbonyl (C=O) groups is 2. The van der Waals surface area contributed by atoms with Crippen LogP contribution in [-0.2, 0) is 23.8 Å². The standard InChI is InChI=1S/C17H19NO5/c1-11(2)12-7-5-6-8-14(12)18-10-23-9-13(16(19)21-3)15(18)17(20)22-4/h5-8H,1,9-10H2,2-4H3. The zero-order chi connectivity index (χ0) is 17.0. The van der Waals surface area contributed by atoms with E-state index in [-0.39, 0.29) is 24.6 Å². The number of hydrogen-bond acceptors (Lipinski definition) is 6. The summed E-state index contributed by atoms with van der Waals surface area (Å²) in [5, 5.41) is 0. The molecular formula is C17H19NO5. The van der Waals surface area contributed by atoms with E-state index < -0.39 is 11.9 Å². The molecule has 6 heteroatoms. The maximum atomic E-state index is 12.3. The Morgan fingerprint density at radius 2 is 1.83 bits per heavy atom. The van der Waals surface area contributed by atoms with E-state index in [0.717, 1.165) is 11.1 Å². The van der Waals surface area contributed by atoms with Gasteiger partial charge in [-0.05, 0) is 18.6 Å². The Morgan fingerprint density at radius 3 is 2.43 bits per heavy atom. The second-order valence-electron chi connectivity index (χ2n) is 5.01. The monoisotopic (exact) mass is 317 g/mol. The van der Waals surface area contributed by atoms with E-state index in [1.807, 2.05) is 31.2 Å². The van der Waals surface area contributed by atoms with Crippen molar-refractivity contribution in [1.82, 2.24) is 0 Å². The number of anilines is 1. The van der Waals surface area contributed by atoms with Crippen molar-refractivity contribution in [1.29, 1.82) is 0 Å². The van der Waals surface area contributed by atoms with Gasteiger partial charge in [-0.3, -0.25) is 0 Å². The number of para-hydroxylation sites is 1. The molecule has 1 aliphatic heterocycles. The first-order valence-electron chi connectivity index (χ1n) is 7.01. The second-order valence-corrected chi connectivity index (χ2v) is 5.01. The molecular weight excluding hydrogens is 298 g/mol. The minimum absolute atomic E-state index is 0.0111. The highest BCUT2D eigenvalue weighted by atomic mass is 16.5. The predicted octanol–water partition coefficient (Wildman–Crippen LogP) is 2.11. The van der Waals surface area contributed by atoms with Crippen LogP contribution in [-0.4, -0.2) is 39.5 Å². The first-order valence-corrected chi connectivity index (χ1v) is 7.01. The number of allylic oxidation sites excluding steroid dienone is 1. The third-order valence-electron chi connectivity index (χ3n) is 3.49. The van der Waals surface area contributed by atoms with Crippen LogP contribution in [0.15, 0.2) is 42.1 Å². The van der Waals surface area contributed by atoms with Gasteiger partial charge in [-0.15, -0.1) is 0 Å². The van der Waals surface area contributed by atoms with Crippen LogP contribution in [0.2, 0.25) is 0 Å². The molecule has 0 spiro atoms. The Bertz CT molecular complexity index is 677. The molecule has 0 aliphatic carbocycles. The largest absolute Gasteiger partial charge is 0.466 e. The molecule has 2 rings (SSSR count). The lowest BCUT2D eigenvalue weighted by Crippen LogP contribution is -2.39. The quantitative estimate of drug-likeness (QED) is 0.793. The van der Waals surface area contributed by atoms with E-state index in [9.17, 15) is 9.59 Å². The van der Waals surface area contributed by atoms with Crippen LogP contribution in [0.1, 0.15) is 12.5 Å². The second kappa shape index (κ2) is 7.11. The number of esters is 2. The molecule has 0 N–H and O–H groups in total. The predicted molar refractivity (Wildman–Crippen MR) is 85.5 cm³/mol. The van der Waals surface area contributed by atoms with Crippen LogP contribution >= 0.6 is 0 Å². The Hall–Kier alpha value is -2.60. The zero-order valence-electron chi connectivity index (χ0n) is 13.4. The maximum Gasteiger partial charge on any atom is 0.355 e. The Balaban J connectivity index is 2.63. The van der Waals surface area contributed by atoms with E-state index in [0.29, 0.717) is 5.69 Å². The molecule has 0 unspecified atom stereocenters. The van der Waals surface area contributed by atoms with Crippen molar-refractivity contribution in [3.05, 3.63) is 47.7 Å². The lowest BCUT2D eigenvalue weighted by Gasteiger charge is -2.32. The molecule has 0 radical (unpaired) electrons. The van der Waals surface area contributed by atoms with Gasteiger partial charge in [-0.1, -0.05) is 24.8 Å². The molecule has 6 nitrogen and oxygen atoms in total. The van der Waals surface area contributed by atoms with Crippen LogP contribution in [0, 0.1) is 0 Å². The molecule has 122 valence electrons. The van der Waals surface area contributed by atoms with Crippen LogP contribution < -0.4 is 4.90 Å². The van der Waals surface area contributed by atoms with Crippen LogP contribution in [0.4, 0.5) is 5.69 Å². The minimum Gasteiger partial charge on any atom is -0.466 e. The fourth-order valence-corrected chi connectivity index (χ4v) is 2.40. The molecule has 0 amide bonds. The fraction of sp³-hybridized carbons (Fsp3) is 0.294. The Kier molecular flexibility index (Phi) is 5.18. The van der Waals surface area contributed by atoms with Crippen LogP contribution in [0.3, 0.4) is 0 Å². The topological polar surface area (TPSA) is 65.1 Å². The zero-order valence-corrected chi connectivity index (χ0v) is 13.4. The Labute approximate surface area is 134 Å². The average Bonchev–Trinajstić information content (AvgIpc) is 2.59. The lowest BCUT2D eigenvalue weighted by molar-refractivity contribution is -0.140. The SMILES string of the molecule is C=C(C)c1ccccc1N1COCC(C(=O)OC)=C1C(=O)OC. The number of rotatable bonds is 4. The van der Waals surface area contributed by atoms with E-state index in [2.05, 4.69) is 6.58 Å². The summed E-state index contributed by atoms with van der Waals surface area (Å²) in [4.78, 5) is 25.8. The minimum atomic E-state index is -0.622. The molecule has 0 bridgehead atoms. The van der Waals surface area contributed by atoms with Gasteiger partial charge in [0.15, 0.2) is 0 Å². The normalized spacial score (nSPS) is 14.5. The molecule has 0 fully saturated rings. The van der Waals surface area contributed by atoms with Gasteiger partial charge in [0.2, 0.25) is 0 Å². The van der Waals surface area contributed by atoms with E-state index >= 15 is 0 Å². The van der Waals surface area contributed by atoms with Crippen molar-refractivity contribution in [3.63, 3.8) is 0 Å². The number of hydrogen-bond donors (Lipinski definition) is 0. The maximum absolute atomic E-state index is 12.3. The number of ether oxygens (including phenoxy) is 3. The third kappa shape index (κ3) is 3.27. The summed E-state index contributed by atoms with van der Waals surface area (Å²) < 4.78 is 15.1. The summed E-state index contributed by atoms with van der Waals surface area (Å²) in [6.45, 7) is 5.93. The molecule has 0 saturated heterocycles. The highest BCUT2D eigenvalue weighted by Gasteiger charge is 2.33. The van der Waals surface area contributed by atoms with Gasteiger partial charge in [0.05, 0.1) is 32.1 Å². The number of nitrogens with zero attached hydrogens (tertiary/aromatic N) is 1. The number of benzene rings is 1. The van der Waals surface area contributed by atoms with Crippen molar-refractivity contribution >= 4 is 23.2 Å². The number of methoxy groups -OCH3 is 2. The summed E-state index contributed by atoms with van der Waals surface area (Å²) in [5.41, 5.74) is 2.64. The van der Waals surface area contributed by atoms with Crippen molar-refractivity contribution in [2.24, 2.45) is 0 Å². The molecule has 0 aromatic heterocycles. The lowest BCUT2D eigenvalue weighted by atomic mass is 10.0. The first-order chi connectivity index (χ1) is 11.0. The Morgan fingerprint density at radius 1 is 1.17 bits per heavy atom. The van der Waals surface area contributed by atoms with Crippen molar-refractivity contribution in [2.75, 3.05) is 32.5 Å². The number of carbonyl (C=O) groups excluding carboxylic acids is 2. The molecule has 1 aromatic carbocycles. The van der Waals surface area contributed by atoms with Gasteiger partial charge in [-0.2, -0.15) is 0 Å². The van der Waals surface area contributed by atoms with E-state index in [1.165, 1.54) is 14.2 Å². The molecule has 1 heterocycles. The summed E-state index contributed by atoms with van der Waals surface area (Å²) in [5.74, 6) is -1.24. The fourth-order valence-electron chi connectivity index (χ4n) is 2.40. The molecule has 23 heavy (non-hydrogen) atoms. The third-order valence-corrected chi connectivity index (χ3v) is 3.49. The van der Waals surface area contributed by atoms with Gasteiger partial charge in [-0.25, -0.2) is 9.59 Å². The highest BCUT2D eigenvalue weighted by molar-refractivity contribution is 6.03. The summed E-state index contributed by atoms with van der Waals surface area (Å²) >= 11 is 0. The molecule has 1 aliphatic rings. The average molecular weight is 317 g/mol. The van der Waals surface area contributed by atoms with Gasteiger partial charge in [0.25, 0.3) is 0 Å². The summed E-state index contributed by atoms with van der Waals surface area (Å²) in [6, 6.07) is 7.43. The van der Waals surface area contributed by atoms with E-state index in [1.54, 1.807) is 4.90 Å². The van der Waals surface area contributed by atoms with Gasteiger partial charge in [0, 0.05) is 5.56 Å². The molecule has 0 atom stereocenters. The van der Waals surface area contributed by atoms with Gasteiger partial charge >= 0.3 is 11.9 Å². The van der Waals surface area contributed by atoms with Gasteiger partial charge < -0.3 is 19.1 Å².